The maximum Gasteiger partial charge on any atom is 0.573 e. The van der Waals surface area contributed by atoms with Crippen LogP contribution in [0.15, 0.2) is 58.6 Å². The molecule has 0 spiro atoms. The van der Waals surface area contributed by atoms with Crippen LogP contribution in [0, 0.1) is 6.92 Å². The summed E-state index contributed by atoms with van der Waals surface area (Å²) in [5, 5.41) is 0.908. The van der Waals surface area contributed by atoms with Crippen LogP contribution in [-0.4, -0.2) is 6.36 Å². The van der Waals surface area contributed by atoms with E-state index in [-0.39, 0.29) is 5.75 Å². The summed E-state index contributed by atoms with van der Waals surface area (Å²) in [5.74, 6) is -0.268. The van der Waals surface area contributed by atoms with E-state index in [4.69, 9.17) is 23.2 Å². The van der Waals surface area contributed by atoms with Crippen LogP contribution in [0.1, 0.15) is 29.5 Å². The summed E-state index contributed by atoms with van der Waals surface area (Å²) in [4.78, 5) is 0. The smallest absolute Gasteiger partial charge is 0.406 e. The van der Waals surface area contributed by atoms with Gasteiger partial charge in [0.2, 0.25) is 0 Å². The molecule has 0 radical (unpaired) electrons. The Bertz CT molecular complexity index is 863. The molecule has 0 fully saturated rings. The molecular weight excluding hydrogens is 384 g/mol. The lowest BCUT2D eigenvalue weighted by Crippen LogP contribution is -2.17. The van der Waals surface area contributed by atoms with Crippen LogP contribution >= 0.6 is 23.2 Å². The summed E-state index contributed by atoms with van der Waals surface area (Å²) in [7, 11) is 0. The Morgan fingerprint density at radius 1 is 0.769 bits per heavy atom. The first-order valence-corrected chi connectivity index (χ1v) is 8.71. The van der Waals surface area contributed by atoms with Gasteiger partial charge in [-0.3, -0.25) is 0 Å². The van der Waals surface area contributed by atoms with Crippen molar-refractivity contribution >= 4 is 34.3 Å². The van der Waals surface area contributed by atoms with Gasteiger partial charge in [-0.25, -0.2) is 0 Å². The van der Waals surface area contributed by atoms with Gasteiger partial charge < -0.3 is 4.74 Å². The predicted octanol–water partition coefficient (Wildman–Crippen LogP) is 7.29. The SMILES string of the molecule is Cc1ccc(C2=C(Cl)C(Cl)=C(c3ccc(OC(F)(F)F)cc3)CC2)cc1. The molecule has 0 unspecified atom stereocenters. The third kappa shape index (κ3) is 4.25. The molecule has 1 nitrogen and oxygen atoms in total. The summed E-state index contributed by atoms with van der Waals surface area (Å²) in [6.07, 6.45) is -3.36. The van der Waals surface area contributed by atoms with Crippen molar-refractivity contribution in [1.82, 2.24) is 0 Å². The van der Waals surface area contributed by atoms with Crippen LogP contribution in [0.25, 0.3) is 11.1 Å². The van der Waals surface area contributed by atoms with E-state index in [1.54, 1.807) is 12.1 Å². The van der Waals surface area contributed by atoms with Gasteiger partial charge in [0.1, 0.15) is 5.75 Å². The van der Waals surface area contributed by atoms with Gasteiger partial charge in [0.15, 0.2) is 0 Å². The second-order valence-corrected chi connectivity index (χ2v) is 6.78. The highest BCUT2D eigenvalue weighted by molar-refractivity contribution is 6.48. The number of benzene rings is 2. The van der Waals surface area contributed by atoms with Crippen LogP contribution in [0.4, 0.5) is 13.2 Å². The Balaban J connectivity index is 1.90. The van der Waals surface area contributed by atoms with Crippen LogP contribution in [0.2, 0.25) is 0 Å². The fourth-order valence-corrected chi connectivity index (χ4v) is 3.52. The van der Waals surface area contributed by atoms with Crippen molar-refractivity contribution < 1.29 is 17.9 Å². The molecule has 0 saturated heterocycles. The molecule has 0 N–H and O–H groups in total. The third-order valence-corrected chi connectivity index (χ3v) is 5.11. The Labute approximate surface area is 159 Å². The molecule has 136 valence electrons. The van der Waals surface area contributed by atoms with Crippen LogP contribution in [-0.2, 0) is 0 Å². The van der Waals surface area contributed by atoms with Gasteiger partial charge in [-0.05, 0) is 54.2 Å². The first-order valence-electron chi connectivity index (χ1n) is 7.95. The molecular formula is C20H15Cl2F3O. The van der Waals surface area contributed by atoms with Gasteiger partial charge in [-0.1, -0.05) is 65.2 Å². The standard InChI is InChI=1S/C20H15Cl2F3O/c1-12-2-4-13(5-3-12)16-10-11-17(19(22)18(16)21)14-6-8-15(9-7-14)26-20(23,24)25/h2-9H,10-11H2,1H3. The van der Waals surface area contributed by atoms with E-state index in [0.29, 0.717) is 22.9 Å². The Morgan fingerprint density at radius 3 is 1.62 bits per heavy atom. The van der Waals surface area contributed by atoms with Crippen LogP contribution < -0.4 is 4.74 Å². The van der Waals surface area contributed by atoms with E-state index in [9.17, 15) is 13.2 Å². The van der Waals surface area contributed by atoms with Gasteiger partial charge in [0.05, 0.1) is 10.1 Å². The van der Waals surface area contributed by atoms with Crippen molar-refractivity contribution in [2.24, 2.45) is 0 Å². The summed E-state index contributed by atoms with van der Waals surface area (Å²) in [5.41, 5.74) is 4.69. The quantitative estimate of drug-likeness (QED) is 0.527. The second-order valence-electron chi connectivity index (χ2n) is 6.02. The van der Waals surface area contributed by atoms with E-state index in [0.717, 1.165) is 27.8 Å². The highest BCUT2D eigenvalue weighted by Crippen LogP contribution is 2.43. The van der Waals surface area contributed by atoms with Crippen molar-refractivity contribution in [2.75, 3.05) is 0 Å². The van der Waals surface area contributed by atoms with Crippen molar-refractivity contribution in [3.8, 4) is 5.75 Å². The first kappa shape index (κ1) is 18.9. The fourth-order valence-electron chi connectivity index (χ4n) is 2.89. The number of hydrogen-bond donors (Lipinski definition) is 0. The Kier molecular flexibility index (Phi) is 5.35. The molecule has 0 aromatic heterocycles. The van der Waals surface area contributed by atoms with Gasteiger partial charge in [0.25, 0.3) is 0 Å². The zero-order valence-corrected chi connectivity index (χ0v) is 15.3. The third-order valence-electron chi connectivity index (χ3n) is 4.18. The van der Waals surface area contributed by atoms with Crippen LogP contribution in [0.3, 0.4) is 0 Å². The number of halogens is 5. The van der Waals surface area contributed by atoms with Crippen molar-refractivity contribution in [2.45, 2.75) is 26.1 Å². The maximum atomic E-state index is 12.3. The number of ether oxygens (including phenoxy) is 1. The molecule has 0 saturated carbocycles. The lowest BCUT2D eigenvalue weighted by molar-refractivity contribution is -0.274. The Hall–Kier alpha value is -1.91. The minimum absolute atomic E-state index is 0.268. The topological polar surface area (TPSA) is 9.23 Å². The van der Waals surface area contributed by atoms with E-state index in [1.165, 1.54) is 12.1 Å². The molecule has 0 heterocycles. The summed E-state index contributed by atoms with van der Waals surface area (Å²) in [6.45, 7) is 2.01. The number of rotatable bonds is 3. The molecule has 0 atom stereocenters. The van der Waals surface area contributed by atoms with E-state index in [1.807, 2.05) is 31.2 Å². The molecule has 3 rings (SSSR count). The minimum Gasteiger partial charge on any atom is -0.406 e. The van der Waals surface area contributed by atoms with Crippen molar-refractivity contribution in [3.05, 3.63) is 75.3 Å². The van der Waals surface area contributed by atoms with Gasteiger partial charge in [-0.2, -0.15) is 0 Å². The van der Waals surface area contributed by atoms with Gasteiger partial charge >= 0.3 is 6.36 Å². The molecule has 2 aromatic carbocycles. The second kappa shape index (κ2) is 7.37. The molecule has 0 aliphatic heterocycles. The molecule has 2 aromatic rings. The minimum atomic E-state index is -4.71. The summed E-state index contributed by atoms with van der Waals surface area (Å²) in [6, 6.07) is 13.7. The molecule has 6 heteroatoms. The summed E-state index contributed by atoms with van der Waals surface area (Å²) >= 11 is 13.0. The highest BCUT2D eigenvalue weighted by Gasteiger charge is 2.31. The van der Waals surface area contributed by atoms with Crippen molar-refractivity contribution in [3.63, 3.8) is 0 Å². The van der Waals surface area contributed by atoms with Crippen LogP contribution in [0.5, 0.6) is 5.75 Å². The lowest BCUT2D eigenvalue weighted by atomic mass is 9.89. The molecule has 1 aliphatic rings. The molecule has 0 amide bonds. The normalized spacial score (nSPS) is 15.5. The number of allylic oxidation sites excluding steroid dienone is 4. The predicted molar refractivity (Wildman–Crippen MR) is 99.1 cm³/mol. The number of alkyl halides is 3. The molecule has 1 aliphatic carbocycles. The van der Waals surface area contributed by atoms with Gasteiger partial charge in [0, 0.05) is 0 Å². The van der Waals surface area contributed by atoms with Gasteiger partial charge in [-0.15, -0.1) is 13.2 Å². The lowest BCUT2D eigenvalue weighted by Gasteiger charge is -2.21. The fraction of sp³-hybridized carbons (Fsp3) is 0.200. The average Bonchev–Trinajstić information content (AvgIpc) is 2.58. The monoisotopic (exact) mass is 398 g/mol. The van der Waals surface area contributed by atoms with E-state index in [2.05, 4.69) is 4.74 Å². The molecule has 26 heavy (non-hydrogen) atoms. The zero-order chi connectivity index (χ0) is 18.9. The first-order chi connectivity index (χ1) is 12.2. The van der Waals surface area contributed by atoms with E-state index < -0.39 is 6.36 Å². The maximum absolute atomic E-state index is 12.3. The highest BCUT2D eigenvalue weighted by atomic mass is 35.5. The summed E-state index contributed by atoms with van der Waals surface area (Å²) < 4.78 is 40.7. The number of hydrogen-bond acceptors (Lipinski definition) is 1. The largest absolute Gasteiger partial charge is 0.573 e. The Morgan fingerprint density at radius 2 is 1.19 bits per heavy atom. The number of aryl methyl sites for hydroxylation is 1. The zero-order valence-electron chi connectivity index (χ0n) is 13.8. The van der Waals surface area contributed by atoms with Crippen molar-refractivity contribution in [1.29, 1.82) is 0 Å². The molecule has 0 bridgehead atoms. The average molecular weight is 399 g/mol. The van der Waals surface area contributed by atoms with E-state index >= 15 is 0 Å².